The average Bonchev–Trinajstić information content (AvgIpc) is 2.74. The first-order valence-corrected chi connectivity index (χ1v) is 9.88. The van der Waals surface area contributed by atoms with Gasteiger partial charge in [-0.25, -0.2) is 4.79 Å². The molecule has 3 rings (SSSR count). The Morgan fingerprint density at radius 3 is 2.15 bits per heavy atom. The summed E-state index contributed by atoms with van der Waals surface area (Å²) in [7, 11) is 0. The van der Waals surface area contributed by atoms with Crippen LogP contribution in [0, 0.1) is 0 Å². The lowest BCUT2D eigenvalue weighted by Gasteiger charge is -2.36. The first-order chi connectivity index (χ1) is 13.2. The summed E-state index contributed by atoms with van der Waals surface area (Å²) in [5.41, 5.74) is 3.62. The van der Waals surface area contributed by atoms with E-state index in [1.165, 1.54) is 11.4 Å². The van der Waals surface area contributed by atoms with E-state index in [0.29, 0.717) is 6.54 Å². The Bertz CT molecular complexity index is 705. The molecule has 2 aromatic carbocycles. The van der Waals surface area contributed by atoms with Crippen molar-refractivity contribution in [2.75, 3.05) is 49.1 Å². The highest BCUT2D eigenvalue weighted by molar-refractivity contribution is 5.74. The van der Waals surface area contributed by atoms with Gasteiger partial charge in [0.25, 0.3) is 0 Å². The van der Waals surface area contributed by atoms with Crippen LogP contribution in [0.15, 0.2) is 54.6 Å². The predicted molar refractivity (Wildman–Crippen MR) is 112 cm³/mol. The zero-order valence-corrected chi connectivity index (χ0v) is 16.4. The Morgan fingerprint density at radius 2 is 1.56 bits per heavy atom. The van der Waals surface area contributed by atoms with Crippen LogP contribution in [0.5, 0.6) is 0 Å². The molecule has 1 heterocycles. The van der Waals surface area contributed by atoms with E-state index < -0.39 is 0 Å². The lowest BCUT2D eigenvalue weighted by molar-refractivity contribution is 0.194. The standard InChI is InChI=1S/C22H30N4O/c1-3-24(4-2)20-10-12-21(13-11-20)25-14-16-26(17-15-25)22(27)23-18-19-8-6-5-7-9-19/h5-13H,3-4,14-18H2,1-2H3,(H,23,27). The lowest BCUT2D eigenvalue weighted by atomic mass is 10.2. The molecule has 2 aromatic rings. The van der Waals surface area contributed by atoms with Crippen LogP contribution in [0.2, 0.25) is 0 Å². The molecule has 2 amide bonds. The Balaban J connectivity index is 1.49. The second-order valence-electron chi connectivity index (χ2n) is 6.81. The summed E-state index contributed by atoms with van der Waals surface area (Å²) in [6.45, 7) is 10.2. The normalized spacial score (nSPS) is 14.1. The van der Waals surface area contributed by atoms with Crippen molar-refractivity contribution in [2.45, 2.75) is 20.4 Å². The molecule has 1 aliphatic rings. The fourth-order valence-corrected chi connectivity index (χ4v) is 3.52. The Morgan fingerprint density at radius 1 is 0.926 bits per heavy atom. The molecule has 0 aliphatic carbocycles. The molecule has 1 aliphatic heterocycles. The molecule has 1 N–H and O–H groups in total. The number of carbonyl (C=O) groups excluding carboxylic acids is 1. The highest BCUT2D eigenvalue weighted by Crippen LogP contribution is 2.22. The molecule has 1 fully saturated rings. The second-order valence-corrected chi connectivity index (χ2v) is 6.81. The SMILES string of the molecule is CCN(CC)c1ccc(N2CCN(C(=O)NCc3ccccc3)CC2)cc1. The van der Waals surface area contributed by atoms with Gasteiger partial charge in [-0.1, -0.05) is 30.3 Å². The van der Waals surface area contributed by atoms with Crippen LogP contribution in [-0.2, 0) is 6.54 Å². The van der Waals surface area contributed by atoms with Gasteiger partial charge in [0.1, 0.15) is 0 Å². The van der Waals surface area contributed by atoms with Crippen LogP contribution >= 0.6 is 0 Å². The molecule has 0 radical (unpaired) electrons. The average molecular weight is 367 g/mol. The van der Waals surface area contributed by atoms with Gasteiger partial charge in [-0.2, -0.15) is 0 Å². The summed E-state index contributed by atoms with van der Waals surface area (Å²) in [4.78, 5) is 19.0. The van der Waals surface area contributed by atoms with E-state index in [0.717, 1.165) is 44.8 Å². The van der Waals surface area contributed by atoms with Crippen molar-refractivity contribution in [3.63, 3.8) is 0 Å². The summed E-state index contributed by atoms with van der Waals surface area (Å²) in [5, 5.41) is 3.02. The number of hydrogen-bond donors (Lipinski definition) is 1. The van der Waals surface area contributed by atoms with Crippen LogP contribution in [0.3, 0.4) is 0 Å². The molecule has 0 unspecified atom stereocenters. The molecule has 5 heteroatoms. The van der Waals surface area contributed by atoms with Crippen molar-refractivity contribution >= 4 is 17.4 Å². The highest BCUT2D eigenvalue weighted by atomic mass is 16.2. The molecule has 5 nitrogen and oxygen atoms in total. The minimum Gasteiger partial charge on any atom is -0.372 e. The number of urea groups is 1. The third-order valence-corrected chi connectivity index (χ3v) is 5.20. The minimum atomic E-state index is 0.0235. The summed E-state index contributed by atoms with van der Waals surface area (Å²) >= 11 is 0. The van der Waals surface area contributed by atoms with Crippen LogP contribution in [0.4, 0.5) is 16.2 Å². The third kappa shape index (κ3) is 4.94. The molecular formula is C22H30N4O. The quantitative estimate of drug-likeness (QED) is 0.849. The number of carbonyl (C=O) groups is 1. The molecule has 0 atom stereocenters. The van der Waals surface area contributed by atoms with E-state index in [-0.39, 0.29) is 6.03 Å². The van der Waals surface area contributed by atoms with Crippen LogP contribution in [0.25, 0.3) is 0 Å². The topological polar surface area (TPSA) is 38.8 Å². The first kappa shape index (κ1) is 19.1. The number of anilines is 2. The molecule has 27 heavy (non-hydrogen) atoms. The minimum absolute atomic E-state index is 0.0235. The summed E-state index contributed by atoms with van der Waals surface area (Å²) in [6, 6.07) is 18.8. The Hall–Kier alpha value is -2.69. The molecule has 144 valence electrons. The molecule has 0 spiro atoms. The lowest BCUT2D eigenvalue weighted by Crippen LogP contribution is -2.51. The maximum absolute atomic E-state index is 12.4. The van der Waals surface area contributed by atoms with E-state index in [2.05, 4.69) is 53.2 Å². The molecule has 0 aromatic heterocycles. The monoisotopic (exact) mass is 366 g/mol. The highest BCUT2D eigenvalue weighted by Gasteiger charge is 2.21. The molecule has 0 saturated carbocycles. The van der Waals surface area contributed by atoms with E-state index >= 15 is 0 Å². The third-order valence-electron chi connectivity index (χ3n) is 5.20. The van der Waals surface area contributed by atoms with Crippen molar-refractivity contribution in [1.82, 2.24) is 10.2 Å². The first-order valence-electron chi connectivity index (χ1n) is 9.88. The summed E-state index contributed by atoms with van der Waals surface area (Å²) in [6.07, 6.45) is 0. The van der Waals surface area contributed by atoms with Gasteiger partial charge in [0.2, 0.25) is 0 Å². The fraction of sp³-hybridized carbons (Fsp3) is 0.409. The predicted octanol–water partition coefficient (Wildman–Crippen LogP) is 3.56. The van der Waals surface area contributed by atoms with Crippen LogP contribution in [0.1, 0.15) is 19.4 Å². The maximum atomic E-state index is 12.4. The number of nitrogens with one attached hydrogen (secondary N) is 1. The van der Waals surface area contributed by atoms with Gasteiger partial charge in [-0.05, 0) is 43.7 Å². The zero-order chi connectivity index (χ0) is 19.1. The molecule has 0 bridgehead atoms. The smallest absolute Gasteiger partial charge is 0.317 e. The van der Waals surface area contributed by atoms with E-state index in [4.69, 9.17) is 0 Å². The fourth-order valence-electron chi connectivity index (χ4n) is 3.52. The second kappa shape index (κ2) is 9.31. The zero-order valence-electron chi connectivity index (χ0n) is 16.4. The Labute approximate surface area is 162 Å². The molecule has 1 saturated heterocycles. The van der Waals surface area contributed by atoms with Gasteiger partial charge in [-0.3, -0.25) is 0 Å². The van der Waals surface area contributed by atoms with Crippen molar-refractivity contribution < 1.29 is 4.79 Å². The largest absolute Gasteiger partial charge is 0.372 e. The number of nitrogens with zero attached hydrogens (tertiary/aromatic N) is 3. The number of benzene rings is 2. The van der Waals surface area contributed by atoms with Gasteiger partial charge >= 0.3 is 6.03 Å². The van der Waals surface area contributed by atoms with Crippen LogP contribution < -0.4 is 15.1 Å². The maximum Gasteiger partial charge on any atom is 0.317 e. The van der Waals surface area contributed by atoms with Gasteiger partial charge in [0, 0.05) is 57.2 Å². The van der Waals surface area contributed by atoms with Gasteiger partial charge < -0.3 is 20.0 Å². The van der Waals surface area contributed by atoms with Crippen molar-refractivity contribution in [3.05, 3.63) is 60.2 Å². The Kier molecular flexibility index (Phi) is 6.58. The summed E-state index contributed by atoms with van der Waals surface area (Å²) < 4.78 is 0. The molecular weight excluding hydrogens is 336 g/mol. The summed E-state index contributed by atoms with van der Waals surface area (Å²) in [5.74, 6) is 0. The van der Waals surface area contributed by atoms with Crippen LogP contribution in [-0.4, -0.2) is 50.2 Å². The number of amides is 2. The van der Waals surface area contributed by atoms with Crippen molar-refractivity contribution in [1.29, 1.82) is 0 Å². The van der Waals surface area contributed by atoms with E-state index in [1.807, 2.05) is 35.2 Å². The number of hydrogen-bond acceptors (Lipinski definition) is 3. The number of rotatable bonds is 6. The van der Waals surface area contributed by atoms with Gasteiger partial charge in [-0.15, -0.1) is 0 Å². The van der Waals surface area contributed by atoms with E-state index in [1.54, 1.807) is 0 Å². The number of piperazine rings is 1. The van der Waals surface area contributed by atoms with Crippen molar-refractivity contribution in [2.24, 2.45) is 0 Å². The van der Waals surface area contributed by atoms with E-state index in [9.17, 15) is 4.79 Å². The van der Waals surface area contributed by atoms with Gasteiger partial charge in [0.05, 0.1) is 0 Å². The van der Waals surface area contributed by atoms with Crippen molar-refractivity contribution in [3.8, 4) is 0 Å². The van der Waals surface area contributed by atoms with Gasteiger partial charge in [0.15, 0.2) is 0 Å².